The Morgan fingerprint density at radius 2 is 2.10 bits per heavy atom. The average Bonchev–Trinajstić information content (AvgIpc) is 3.15. The maximum Gasteiger partial charge on any atom is 0.255 e. The molecule has 6 rings (SSSR count). The summed E-state index contributed by atoms with van der Waals surface area (Å²) in [5.74, 6) is 0.517. The molecule has 0 radical (unpaired) electrons. The summed E-state index contributed by atoms with van der Waals surface area (Å²) in [5, 5.41) is 10.1. The average molecular weight is 425 g/mol. The molecule has 166 valence electrons. The number of fused-ring (bicyclic) bond motifs is 3. The van der Waals surface area contributed by atoms with Gasteiger partial charge in [0.15, 0.2) is 0 Å². The zero-order valence-electron chi connectivity index (χ0n) is 18.2. The standard InChI is InChI=1S/C24H32N4O3/c1-23-10-9-16(24(15-23)26-19-7-3-2-6-17(19)21(30)27-24)14-18(23)22(31)25-11-5-13-28-12-4-8-20(28)29/h2-3,6-7,16,18,26H,4-5,8-15H2,1H3,(H,25,31)(H,27,30)/t16?,18?,23?,24-/m0/s1. The third kappa shape index (κ3) is 3.48. The number of hydrogen-bond acceptors (Lipinski definition) is 4. The molecule has 7 heteroatoms. The van der Waals surface area contributed by atoms with E-state index in [0.717, 1.165) is 57.3 Å². The lowest BCUT2D eigenvalue weighted by Crippen LogP contribution is -2.70. The molecule has 4 atom stereocenters. The van der Waals surface area contributed by atoms with Crippen molar-refractivity contribution in [3.05, 3.63) is 29.8 Å². The minimum atomic E-state index is -0.467. The lowest BCUT2D eigenvalue weighted by Gasteiger charge is -2.60. The highest BCUT2D eigenvalue weighted by Gasteiger charge is 2.60. The van der Waals surface area contributed by atoms with Gasteiger partial charge in [0.2, 0.25) is 11.8 Å². The van der Waals surface area contributed by atoms with Crippen LogP contribution in [-0.4, -0.2) is 47.9 Å². The second-order valence-electron chi connectivity index (χ2n) is 10.1. The van der Waals surface area contributed by atoms with Gasteiger partial charge in [0.25, 0.3) is 5.91 Å². The van der Waals surface area contributed by atoms with Gasteiger partial charge in [-0.05, 0) is 56.1 Å². The maximum absolute atomic E-state index is 13.1. The summed E-state index contributed by atoms with van der Waals surface area (Å²) in [6, 6.07) is 7.65. The number of hydrogen-bond donors (Lipinski definition) is 3. The van der Waals surface area contributed by atoms with E-state index in [1.165, 1.54) is 0 Å². The lowest BCUT2D eigenvalue weighted by molar-refractivity contribution is -0.139. The van der Waals surface area contributed by atoms with E-state index in [2.05, 4.69) is 22.9 Å². The second kappa shape index (κ2) is 7.53. The molecule has 3 amide bonds. The molecule has 0 aromatic heterocycles. The Labute approximate surface area is 183 Å². The summed E-state index contributed by atoms with van der Waals surface area (Å²) in [7, 11) is 0. The van der Waals surface area contributed by atoms with E-state index >= 15 is 0 Å². The predicted molar refractivity (Wildman–Crippen MR) is 117 cm³/mol. The fourth-order valence-corrected chi connectivity index (χ4v) is 6.40. The Morgan fingerprint density at radius 1 is 1.26 bits per heavy atom. The van der Waals surface area contributed by atoms with Crippen LogP contribution in [0.25, 0.3) is 0 Å². The van der Waals surface area contributed by atoms with E-state index in [9.17, 15) is 14.4 Å². The first kappa shape index (κ1) is 20.3. The van der Waals surface area contributed by atoms with Crippen LogP contribution < -0.4 is 16.0 Å². The molecule has 3 saturated carbocycles. The topological polar surface area (TPSA) is 90.5 Å². The quantitative estimate of drug-likeness (QED) is 0.634. The van der Waals surface area contributed by atoms with E-state index in [0.29, 0.717) is 18.5 Å². The number of amides is 3. The first-order valence-corrected chi connectivity index (χ1v) is 11.7. The van der Waals surface area contributed by atoms with Crippen LogP contribution in [0.15, 0.2) is 24.3 Å². The van der Waals surface area contributed by atoms with Crippen molar-refractivity contribution >= 4 is 23.4 Å². The molecule has 2 bridgehead atoms. The van der Waals surface area contributed by atoms with Gasteiger partial charge < -0.3 is 20.9 Å². The Bertz CT molecular complexity index is 918. The lowest BCUT2D eigenvalue weighted by atomic mass is 9.51. The van der Waals surface area contributed by atoms with Gasteiger partial charge >= 0.3 is 0 Å². The van der Waals surface area contributed by atoms with Crippen molar-refractivity contribution < 1.29 is 14.4 Å². The summed E-state index contributed by atoms with van der Waals surface area (Å²) in [6.07, 6.45) is 5.94. The van der Waals surface area contributed by atoms with Crippen LogP contribution in [0, 0.1) is 17.3 Å². The minimum absolute atomic E-state index is 0.0250. The minimum Gasteiger partial charge on any atom is -0.362 e. The van der Waals surface area contributed by atoms with Crippen molar-refractivity contribution in [1.29, 1.82) is 0 Å². The van der Waals surface area contributed by atoms with E-state index < -0.39 is 5.66 Å². The Balaban J connectivity index is 1.23. The number of carbonyl (C=O) groups is 3. The van der Waals surface area contributed by atoms with Crippen molar-refractivity contribution in [3.63, 3.8) is 0 Å². The van der Waals surface area contributed by atoms with Crippen molar-refractivity contribution in [3.8, 4) is 0 Å². The van der Waals surface area contributed by atoms with Crippen molar-refractivity contribution in [2.24, 2.45) is 17.3 Å². The maximum atomic E-state index is 13.1. The van der Waals surface area contributed by atoms with Crippen LogP contribution in [0.1, 0.15) is 62.2 Å². The smallest absolute Gasteiger partial charge is 0.255 e. The highest BCUT2D eigenvalue weighted by Crippen LogP contribution is 2.58. The molecule has 2 heterocycles. The normalized spacial score (nSPS) is 33.8. The highest BCUT2D eigenvalue weighted by atomic mass is 16.2. The first-order chi connectivity index (χ1) is 14.9. The Kier molecular flexibility index (Phi) is 4.94. The molecule has 31 heavy (non-hydrogen) atoms. The molecular formula is C24H32N4O3. The summed E-state index contributed by atoms with van der Waals surface area (Å²) in [5.41, 5.74) is 0.951. The van der Waals surface area contributed by atoms with E-state index in [1.54, 1.807) is 0 Å². The molecule has 5 aliphatic rings. The zero-order valence-corrected chi connectivity index (χ0v) is 18.2. The first-order valence-electron chi connectivity index (χ1n) is 11.7. The van der Waals surface area contributed by atoms with Gasteiger partial charge in [-0.3, -0.25) is 14.4 Å². The fraction of sp³-hybridized carbons (Fsp3) is 0.625. The SMILES string of the molecule is CC12CCC(CC1C(=O)NCCCN1CCCC1=O)[C@]1(C2)NC(=O)c2ccccc2N1. The van der Waals surface area contributed by atoms with Crippen LogP contribution in [0.4, 0.5) is 5.69 Å². The van der Waals surface area contributed by atoms with E-state index in [1.807, 2.05) is 29.2 Å². The summed E-state index contributed by atoms with van der Waals surface area (Å²) in [6.45, 7) is 4.38. The number of benzene rings is 1. The molecule has 3 aliphatic carbocycles. The van der Waals surface area contributed by atoms with Gasteiger partial charge in [-0.2, -0.15) is 0 Å². The number of carbonyl (C=O) groups excluding carboxylic acids is 3. The zero-order chi connectivity index (χ0) is 21.6. The van der Waals surface area contributed by atoms with E-state index in [-0.39, 0.29) is 35.0 Å². The van der Waals surface area contributed by atoms with Gasteiger partial charge in [-0.25, -0.2) is 0 Å². The van der Waals surface area contributed by atoms with Crippen LogP contribution in [0.3, 0.4) is 0 Å². The van der Waals surface area contributed by atoms with Gasteiger partial charge in [0.05, 0.1) is 5.56 Å². The highest BCUT2D eigenvalue weighted by molar-refractivity contribution is 6.02. The summed E-state index contributed by atoms with van der Waals surface area (Å²) < 4.78 is 0. The molecule has 3 N–H and O–H groups in total. The fourth-order valence-electron chi connectivity index (χ4n) is 6.40. The Hall–Kier alpha value is -2.57. The van der Waals surface area contributed by atoms with Gasteiger partial charge in [0, 0.05) is 43.6 Å². The summed E-state index contributed by atoms with van der Waals surface area (Å²) >= 11 is 0. The van der Waals surface area contributed by atoms with E-state index in [4.69, 9.17) is 0 Å². The van der Waals surface area contributed by atoms with Crippen molar-refractivity contribution in [2.45, 2.75) is 57.5 Å². The molecule has 2 aliphatic heterocycles. The molecule has 3 unspecified atom stereocenters. The van der Waals surface area contributed by atoms with Crippen molar-refractivity contribution in [1.82, 2.24) is 15.5 Å². The van der Waals surface area contributed by atoms with Crippen LogP contribution >= 0.6 is 0 Å². The molecule has 7 nitrogen and oxygen atoms in total. The predicted octanol–water partition coefficient (Wildman–Crippen LogP) is 2.49. The largest absolute Gasteiger partial charge is 0.362 e. The Morgan fingerprint density at radius 3 is 2.87 bits per heavy atom. The van der Waals surface area contributed by atoms with Gasteiger partial charge in [-0.15, -0.1) is 0 Å². The molecule has 1 saturated heterocycles. The number of anilines is 1. The monoisotopic (exact) mass is 424 g/mol. The van der Waals surface area contributed by atoms with Gasteiger partial charge in [-0.1, -0.05) is 19.1 Å². The van der Waals surface area contributed by atoms with Crippen LogP contribution in [-0.2, 0) is 9.59 Å². The molecular weight excluding hydrogens is 392 g/mol. The number of nitrogens with one attached hydrogen (secondary N) is 3. The van der Waals surface area contributed by atoms with Crippen molar-refractivity contribution in [2.75, 3.05) is 25.0 Å². The third-order valence-electron chi connectivity index (χ3n) is 8.06. The number of nitrogens with zero attached hydrogens (tertiary/aromatic N) is 1. The number of likely N-dealkylation sites (tertiary alicyclic amines) is 1. The number of rotatable bonds is 5. The van der Waals surface area contributed by atoms with Crippen LogP contribution in [0.5, 0.6) is 0 Å². The molecule has 1 aromatic rings. The van der Waals surface area contributed by atoms with Crippen LogP contribution in [0.2, 0.25) is 0 Å². The number of para-hydroxylation sites is 1. The molecule has 1 aromatic carbocycles. The van der Waals surface area contributed by atoms with Gasteiger partial charge in [0.1, 0.15) is 5.66 Å². The summed E-state index contributed by atoms with van der Waals surface area (Å²) in [4.78, 5) is 39.5. The third-order valence-corrected chi connectivity index (χ3v) is 8.06. The molecule has 4 fully saturated rings. The second-order valence-corrected chi connectivity index (χ2v) is 10.1. The molecule has 1 spiro atoms.